The molecule has 3 aromatic carbocycles. The van der Waals surface area contributed by atoms with Crippen LogP contribution in [0.25, 0.3) is 0 Å². The molecular weight excluding hydrogens is 436 g/mol. The second kappa shape index (κ2) is 12.5. The predicted molar refractivity (Wildman–Crippen MR) is 133 cm³/mol. The van der Waals surface area contributed by atoms with E-state index in [1.165, 1.54) is 0 Å². The van der Waals surface area contributed by atoms with Gasteiger partial charge in [0.2, 0.25) is 0 Å². The molecule has 1 amide bonds. The fraction of sp³-hybridized carbons (Fsp3) is 0.231. The molecule has 0 unspecified atom stereocenters. The van der Waals surface area contributed by atoms with E-state index in [9.17, 15) is 4.79 Å². The van der Waals surface area contributed by atoms with Gasteiger partial charge in [0, 0.05) is 12.1 Å². The first kappa shape index (κ1) is 24.1. The summed E-state index contributed by atoms with van der Waals surface area (Å²) in [7, 11) is 0. The highest BCUT2D eigenvalue weighted by Crippen LogP contribution is 2.14. The summed E-state index contributed by atoms with van der Waals surface area (Å²) in [6.45, 7) is 5.30. The summed E-state index contributed by atoms with van der Waals surface area (Å²) in [6.07, 6.45) is 0.131. The largest absolute Gasteiger partial charge is 0.491 e. The third kappa shape index (κ3) is 8.46. The van der Waals surface area contributed by atoms with E-state index in [4.69, 9.17) is 26.4 Å². The van der Waals surface area contributed by atoms with Crippen LogP contribution >= 0.6 is 12.2 Å². The molecule has 3 rings (SSSR count). The van der Waals surface area contributed by atoms with Crippen molar-refractivity contribution in [2.75, 3.05) is 13.2 Å². The van der Waals surface area contributed by atoms with Crippen LogP contribution < -0.4 is 24.8 Å². The molecule has 0 aromatic heterocycles. The summed E-state index contributed by atoms with van der Waals surface area (Å²) >= 11 is 5.24. The highest BCUT2D eigenvalue weighted by atomic mass is 32.1. The van der Waals surface area contributed by atoms with E-state index in [1.54, 1.807) is 24.3 Å². The summed E-state index contributed by atoms with van der Waals surface area (Å²) in [5, 5.41) is 5.99. The van der Waals surface area contributed by atoms with Gasteiger partial charge in [-0.3, -0.25) is 10.1 Å². The van der Waals surface area contributed by atoms with Gasteiger partial charge in [-0.25, -0.2) is 0 Å². The first-order valence-corrected chi connectivity index (χ1v) is 11.2. The van der Waals surface area contributed by atoms with Gasteiger partial charge in [0.15, 0.2) is 5.11 Å². The Morgan fingerprint density at radius 1 is 0.818 bits per heavy atom. The van der Waals surface area contributed by atoms with Crippen molar-refractivity contribution in [1.82, 2.24) is 10.6 Å². The van der Waals surface area contributed by atoms with E-state index < -0.39 is 0 Å². The van der Waals surface area contributed by atoms with Crippen LogP contribution in [0, 0.1) is 0 Å². The van der Waals surface area contributed by atoms with Crippen LogP contribution in [0.4, 0.5) is 0 Å². The van der Waals surface area contributed by atoms with Crippen LogP contribution in [0.15, 0.2) is 78.9 Å². The Hall–Kier alpha value is -3.58. The van der Waals surface area contributed by atoms with Crippen molar-refractivity contribution in [1.29, 1.82) is 0 Å². The molecule has 0 atom stereocenters. The fourth-order valence-corrected chi connectivity index (χ4v) is 3.06. The molecule has 0 aliphatic heterocycles. The maximum Gasteiger partial charge on any atom is 0.257 e. The molecule has 0 saturated carbocycles. The zero-order valence-corrected chi connectivity index (χ0v) is 19.6. The minimum Gasteiger partial charge on any atom is -0.491 e. The normalized spacial score (nSPS) is 10.4. The Bertz CT molecular complexity index is 1020. The number of nitrogens with one attached hydrogen (secondary N) is 2. The lowest BCUT2D eigenvalue weighted by Crippen LogP contribution is -2.38. The Kier molecular flexibility index (Phi) is 9.08. The van der Waals surface area contributed by atoms with Crippen molar-refractivity contribution >= 4 is 23.2 Å². The molecular formula is C26H28N2O4S. The van der Waals surface area contributed by atoms with E-state index in [2.05, 4.69) is 10.6 Å². The van der Waals surface area contributed by atoms with Gasteiger partial charge in [0.25, 0.3) is 5.91 Å². The van der Waals surface area contributed by atoms with Gasteiger partial charge in [-0.1, -0.05) is 30.3 Å². The Morgan fingerprint density at radius 3 is 2.00 bits per heavy atom. The number of carbonyl (C=O) groups excluding carboxylic acids is 1. The second-order valence-electron chi connectivity index (χ2n) is 7.48. The predicted octanol–water partition coefficient (Wildman–Crippen LogP) is 4.74. The van der Waals surface area contributed by atoms with Gasteiger partial charge >= 0.3 is 0 Å². The van der Waals surface area contributed by atoms with Crippen molar-refractivity contribution in [3.8, 4) is 17.2 Å². The van der Waals surface area contributed by atoms with Gasteiger partial charge in [0.05, 0.1) is 6.10 Å². The third-order valence-electron chi connectivity index (χ3n) is 4.46. The summed E-state index contributed by atoms with van der Waals surface area (Å²) in [5.41, 5.74) is 1.52. The number of benzene rings is 3. The number of ether oxygens (including phenoxy) is 3. The van der Waals surface area contributed by atoms with Crippen molar-refractivity contribution in [2.45, 2.75) is 26.5 Å². The molecule has 172 valence electrons. The first-order chi connectivity index (χ1) is 16.0. The van der Waals surface area contributed by atoms with Crippen molar-refractivity contribution in [3.05, 3.63) is 90.0 Å². The average molecular weight is 465 g/mol. The van der Waals surface area contributed by atoms with E-state index in [0.717, 1.165) is 17.1 Å². The van der Waals surface area contributed by atoms with E-state index >= 15 is 0 Å². The molecule has 0 fully saturated rings. The lowest BCUT2D eigenvalue weighted by molar-refractivity contribution is 0.0976. The van der Waals surface area contributed by atoms with E-state index in [0.29, 0.717) is 31.1 Å². The zero-order chi connectivity index (χ0) is 23.5. The quantitative estimate of drug-likeness (QED) is 0.334. The van der Waals surface area contributed by atoms with Crippen LogP contribution in [0.1, 0.15) is 29.8 Å². The zero-order valence-electron chi connectivity index (χ0n) is 18.7. The molecule has 3 aromatic rings. The summed E-state index contributed by atoms with van der Waals surface area (Å²) in [6, 6.07) is 24.2. The molecule has 0 bridgehead atoms. The number of rotatable bonds is 10. The number of hydrogen-bond donors (Lipinski definition) is 2. The molecule has 0 spiro atoms. The Morgan fingerprint density at radius 2 is 1.39 bits per heavy atom. The number of amides is 1. The standard InChI is InChI=1S/C26H28N2O4S/c1-19(2)32-24-12-8-20(9-13-24)18-27-26(33)28-25(29)21-10-14-23(15-11-21)31-17-16-30-22-6-4-3-5-7-22/h3-15,19H,16-18H2,1-2H3,(H2,27,28,29,33). The summed E-state index contributed by atoms with van der Waals surface area (Å²) in [5.74, 6) is 2.00. The molecule has 0 radical (unpaired) electrons. The van der Waals surface area contributed by atoms with Gasteiger partial charge in [-0.15, -0.1) is 0 Å². The van der Waals surface area contributed by atoms with Crippen LogP contribution in [0.3, 0.4) is 0 Å². The Labute approximate surface area is 199 Å². The van der Waals surface area contributed by atoms with E-state index in [-0.39, 0.29) is 17.1 Å². The molecule has 0 heterocycles. The lowest BCUT2D eigenvalue weighted by Gasteiger charge is -2.12. The van der Waals surface area contributed by atoms with Crippen molar-refractivity contribution < 1.29 is 19.0 Å². The molecule has 33 heavy (non-hydrogen) atoms. The topological polar surface area (TPSA) is 68.8 Å². The van der Waals surface area contributed by atoms with Gasteiger partial charge in [0.1, 0.15) is 30.5 Å². The van der Waals surface area contributed by atoms with Crippen molar-refractivity contribution in [2.24, 2.45) is 0 Å². The third-order valence-corrected chi connectivity index (χ3v) is 4.70. The van der Waals surface area contributed by atoms with Crippen LogP contribution in [-0.4, -0.2) is 30.3 Å². The van der Waals surface area contributed by atoms with Gasteiger partial charge < -0.3 is 19.5 Å². The van der Waals surface area contributed by atoms with Gasteiger partial charge in [-0.2, -0.15) is 0 Å². The number of thiocarbonyl (C=S) groups is 1. The minimum absolute atomic E-state index is 0.131. The average Bonchev–Trinajstić information content (AvgIpc) is 2.82. The first-order valence-electron chi connectivity index (χ1n) is 10.7. The maximum absolute atomic E-state index is 12.4. The number of para-hydroxylation sites is 1. The van der Waals surface area contributed by atoms with E-state index in [1.807, 2.05) is 68.4 Å². The summed E-state index contributed by atoms with van der Waals surface area (Å²) in [4.78, 5) is 12.4. The molecule has 0 aliphatic carbocycles. The minimum atomic E-state index is -0.285. The fourth-order valence-electron chi connectivity index (χ4n) is 2.90. The highest BCUT2D eigenvalue weighted by molar-refractivity contribution is 7.80. The molecule has 6 nitrogen and oxygen atoms in total. The SMILES string of the molecule is CC(C)Oc1ccc(CNC(=S)NC(=O)c2ccc(OCCOc3ccccc3)cc2)cc1. The molecule has 2 N–H and O–H groups in total. The van der Waals surface area contributed by atoms with Gasteiger partial charge in [-0.05, 0) is 80.2 Å². The maximum atomic E-state index is 12.4. The Balaban J connectivity index is 1.38. The molecule has 7 heteroatoms. The monoisotopic (exact) mass is 464 g/mol. The van der Waals surface area contributed by atoms with Crippen LogP contribution in [0.5, 0.6) is 17.2 Å². The molecule has 0 saturated heterocycles. The van der Waals surface area contributed by atoms with Crippen LogP contribution in [-0.2, 0) is 6.54 Å². The lowest BCUT2D eigenvalue weighted by atomic mass is 10.2. The number of hydrogen-bond acceptors (Lipinski definition) is 5. The highest BCUT2D eigenvalue weighted by Gasteiger charge is 2.08. The molecule has 0 aliphatic rings. The smallest absolute Gasteiger partial charge is 0.257 e. The summed E-state index contributed by atoms with van der Waals surface area (Å²) < 4.78 is 16.9. The number of carbonyl (C=O) groups is 1. The van der Waals surface area contributed by atoms with Crippen LogP contribution in [0.2, 0.25) is 0 Å². The van der Waals surface area contributed by atoms with Crippen molar-refractivity contribution in [3.63, 3.8) is 0 Å². The second-order valence-corrected chi connectivity index (χ2v) is 7.89.